The first-order chi connectivity index (χ1) is 15.0. The van der Waals surface area contributed by atoms with Crippen molar-refractivity contribution in [2.75, 3.05) is 5.75 Å². The largest absolute Gasteiger partial charge is 0.323 e. The van der Waals surface area contributed by atoms with E-state index in [2.05, 4.69) is 63.8 Å². The van der Waals surface area contributed by atoms with Gasteiger partial charge in [0, 0.05) is 31.4 Å². The molecule has 0 N–H and O–H groups in total. The third-order valence-corrected chi connectivity index (χ3v) is 9.31. The Kier molecular flexibility index (Phi) is 6.82. The van der Waals surface area contributed by atoms with E-state index < -0.39 is 8.07 Å². The highest BCUT2D eigenvalue weighted by molar-refractivity contribution is 7.98. The van der Waals surface area contributed by atoms with Gasteiger partial charge in [0.2, 0.25) is 0 Å². The van der Waals surface area contributed by atoms with Gasteiger partial charge in [-0.3, -0.25) is 4.68 Å². The molecule has 0 radical (unpaired) electrons. The van der Waals surface area contributed by atoms with Crippen LogP contribution in [-0.2, 0) is 5.88 Å². The Hall–Kier alpha value is -2.11. The molecular formula is C23H32N6SSi. The Morgan fingerprint density at radius 3 is 2.81 bits per heavy atom. The minimum absolute atomic E-state index is 0.158. The number of hydrogen-bond donors (Lipinski definition) is 0. The lowest BCUT2D eigenvalue weighted by Crippen LogP contribution is -2.20. The molecule has 31 heavy (non-hydrogen) atoms. The highest BCUT2D eigenvalue weighted by Crippen LogP contribution is 2.36. The third kappa shape index (κ3) is 5.21. The summed E-state index contributed by atoms with van der Waals surface area (Å²) in [5.41, 5.74) is 2.89. The van der Waals surface area contributed by atoms with Gasteiger partial charge >= 0.3 is 0 Å². The van der Waals surface area contributed by atoms with Gasteiger partial charge in [0.15, 0.2) is 0 Å². The highest BCUT2D eigenvalue weighted by atomic mass is 32.2. The van der Waals surface area contributed by atoms with Crippen molar-refractivity contribution in [1.82, 2.24) is 24.3 Å². The van der Waals surface area contributed by atoms with E-state index in [1.807, 2.05) is 22.6 Å². The molecule has 0 bridgehead atoms. The molecule has 3 heterocycles. The van der Waals surface area contributed by atoms with Gasteiger partial charge < -0.3 is 4.57 Å². The van der Waals surface area contributed by atoms with E-state index in [1.54, 1.807) is 6.33 Å². The lowest BCUT2D eigenvalue weighted by atomic mass is 9.96. The van der Waals surface area contributed by atoms with Gasteiger partial charge in [0.25, 0.3) is 0 Å². The second kappa shape index (κ2) is 9.57. The molecule has 0 aromatic carbocycles. The summed E-state index contributed by atoms with van der Waals surface area (Å²) in [5.74, 6) is 2.66. The summed E-state index contributed by atoms with van der Waals surface area (Å²) in [7, 11) is -0.994. The normalized spacial score (nSPS) is 16.1. The fraction of sp³-hybridized carbons (Fsp3) is 0.565. The highest BCUT2D eigenvalue weighted by Gasteiger charge is 2.27. The zero-order valence-electron chi connectivity index (χ0n) is 18.8. The van der Waals surface area contributed by atoms with Crippen molar-refractivity contribution in [2.45, 2.75) is 69.7 Å². The molecule has 0 amide bonds. The van der Waals surface area contributed by atoms with Crippen molar-refractivity contribution in [3.8, 4) is 17.3 Å². The summed E-state index contributed by atoms with van der Waals surface area (Å²) >= 11 is 1.97. The molecule has 1 saturated carbocycles. The molecule has 3 aromatic heterocycles. The van der Waals surface area contributed by atoms with Crippen LogP contribution in [0.15, 0.2) is 31.0 Å². The van der Waals surface area contributed by atoms with Crippen LogP contribution >= 0.6 is 11.8 Å². The molecule has 8 heteroatoms. The van der Waals surface area contributed by atoms with Crippen LogP contribution in [0.5, 0.6) is 0 Å². The monoisotopic (exact) mass is 452 g/mol. The third-order valence-electron chi connectivity index (χ3n) is 6.24. The number of rotatable bonds is 9. The molecule has 1 atom stereocenters. The molecular weight excluding hydrogens is 420 g/mol. The average molecular weight is 453 g/mol. The van der Waals surface area contributed by atoms with Crippen molar-refractivity contribution in [2.24, 2.45) is 5.92 Å². The van der Waals surface area contributed by atoms with Gasteiger partial charge in [0.05, 0.1) is 36.3 Å². The number of aromatic nitrogens is 5. The van der Waals surface area contributed by atoms with Crippen LogP contribution in [0.2, 0.25) is 25.7 Å². The van der Waals surface area contributed by atoms with Crippen molar-refractivity contribution >= 4 is 30.9 Å². The standard InChI is InChI=1S/C23H32N6SSi/c1-31(2,3)13-12-30-17-28-11-9-20-22(25-16-26-23(20)28)19-14-27-29(15-19)21(8-10-24)18-6-4-5-7-18/h9,11,14-16,18,21H,4-8,12-13,17H2,1-3H3. The van der Waals surface area contributed by atoms with E-state index in [0.29, 0.717) is 12.3 Å². The summed E-state index contributed by atoms with van der Waals surface area (Å²) in [6.07, 6.45) is 13.1. The molecule has 0 aliphatic heterocycles. The van der Waals surface area contributed by atoms with Gasteiger partial charge in [-0.15, -0.1) is 11.8 Å². The second-order valence-electron chi connectivity index (χ2n) is 9.78. The van der Waals surface area contributed by atoms with Gasteiger partial charge in [0.1, 0.15) is 12.0 Å². The first kappa shape index (κ1) is 22.1. The Morgan fingerprint density at radius 1 is 1.26 bits per heavy atom. The Morgan fingerprint density at radius 2 is 2.06 bits per heavy atom. The minimum Gasteiger partial charge on any atom is -0.323 e. The van der Waals surface area contributed by atoms with E-state index in [0.717, 1.165) is 28.2 Å². The minimum atomic E-state index is -0.994. The maximum atomic E-state index is 9.35. The van der Waals surface area contributed by atoms with E-state index in [-0.39, 0.29) is 6.04 Å². The van der Waals surface area contributed by atoms with E-state index in [1.165, 1.54) is 37.5 Å². The zero-order chi connectivity index (χ0) is 21.8. The molecule has 0 saturated heterocycles. The number of nitrogens with zero attached hydrogens (tertiary/aromatic N) is 6. The molecule has 164 valence electrons. The van der Waals surface area contributed by atoms with E-state index in [9.17, 15) is 5.26 Å². The summed E-state index contributed by atoms with van der Waals surface area (Å²) in [6.45, 7) is 7.27. The van der Waals surface area contributed by atoms with Crippen LogP contribution in [0.3, 0.4) is 0 Å². The molecule has 1 fully saturated rings. The van der Waals surface area contributed by atoms with Crippen LogP contribution in [0.1, 0.15) is 38.1 Å². The fourth-order valence-electron chi connectivity index (χ4n) is 4.43. The summed E-state index contributed by atoms with van der Waals surface area (Å²) in [4.78, 5) is 9.16. The average Bonchev–Trinajstić information content (AvgIpc) is 3.50. The summed E-state index contributed by atoms with van der Waals surface area (Å²) < 4.78 is 4.22. The lowest BCUT2D eigenvalue weighted by Gasteiger charge is -2.21. The number of fused-ring (bicyclic) bond motifs is 1. The Balaban J connectivity index is 1.54. The maximum Gasteiger partial charge on any atom is 0.144 e. The zero-order valence-corrected chi connectivity index (χ0v) is 20.6. The number of hydrogen-bond acceptors (Lipinski definition) is 5. The fourth-order valence-corrected chi connectivity index (χ4v) is 7.99. The van der Waals surface area contributed by atoms with Crippen LogP contribution in [0.25, 0.3) is 22.3 Å². The summed E-state index contributed by atoms with van der Waals surface area (Å²) in [6, 6.07) is 5.98. The van der Waals surface area contributed by atoms with Crippen LogP contribution in [0, 0.1) is 17.2 Å². The van der Waals surface area contributed by atoms with Gasteiger partial charge in [-0.05, 0) is 36.6 Å². The Bertz CT molecular complexity index is 1050. The molecule has 1 unspecified atom stereocenters. The van der Waals surface area contributed by atoms with Crippen molar-refractivity contribution in [3.63, 3.8) is 0 Å². The number of thioether (sulfide) groups is 1. The topological polar surface area (TPSA) is 72.3 Å². The molecule has 0 spiro atoms. The van der Waals surface area contributed by atoms with Gasteiger partial charge in [-0.1, -0.05) is 32.5 Å². The van der Waals surface area contributed by atoms with Crippen molar-refractivity contribution in [1.29, 1.82) is 5.26 Å². The predicted molar refractivity (Wildman–Crippen MR) is 131 cm³/mol. The van der Waals surface area contributed by atoms with E-state index >= 15 is 0 Å². The second-order valence-corrected chi connectivity index (χ2v) is 16.5. The smallest absolute Gasteiger partial charge is 0.144 e. The first-order valence-electron chi connectivity index (χ1n) is 11.3. The van der Waals surface area contributed by atoms with Gasteiger partial charge in [-0.25, -0.2) is 9.97 Å². The molecule has 3 aromatic rings. The summed E-state index contributed by atoms with van der Waals surface area (Å²) in [5, 5.41) is 15.1. The molecule has 6 nitrogen and oxygen atoms in total. The Labute approximate surface area is 190 Å². The van der Waals surface area contributed by atoms with Crippen molar-refractivity contribution < 1.29 is 0 Å². The predicted octanol–water partition coefficient (Wildman–Crippen LogP) is 5.97. The maximum absolute atomic E-state index is 9.35. The van der Waals surface area contributed by atoms with Crippen LogP contribution < -0.4 is 0 Å². The molecule has 4 rings (SSSR count). The lowest BCUT2D eigenvalue weighted by molar-refractivity contribution is 0.315. The SMILES string of the molecule is C[Si](C)(C)CCSCn1ccc2c(-c3cnn(C(CC#N)C4CCCC4)c3)ncnc21. The number of nitriles is 1. The van der Waals surface area contributed by atoms with Gasteiger partial charge in [-0.2, -0.15) is 10.4 Å². The van der Waals surface area contributed by atoms with Crippen LogP contribution in [-0.4, -0.2) is 38.1 Å². The van der Waals surface area contributed by atoms with E-state index in [4.69, 9.17) is 0 Å². The van der Waals surface area contributed by atoms with Crippen molar-refractivity contribution in [3.05, 3.63) is 31.0 Å². The first-order valence-corrected chi connectivity index (χ1v) is 16.1. The molecule has 1 aliphatic carbocycles. The molecule has 1 aliphatic rings. The quantitative estimate of drug-likeness (QED) is 0.295. The van der Waals surface area contributed by atoms with Crippen LogP contribution in [0.4, 0.5) is 0 Å².